The first-order valence-corrected chi connectivity index (χ1v) is 7.29. The molecule has 0 aliphatic rings. The minimum absolute atomic E-state index is 1.32. The van der Waals surface area contributed by atoms with Crippen LogP contribution in [-0.2, 0) is 0 Å². The molecule has 5 rings (SSSR count). The van der Waals surface area contributed by atoms with Gasteiger partial charge in [0, 0.05) is 26.4 Å². The summed E-state index contributed by atoms with van der Waals surface area (Å²) in [6.07, 6.45) is 0. The number of nitrogens with zero attached hydrogens (tertiary/aromatic N) is 1. The number of fused-ring (bicyclic) bond motifs is 6. The lowest BCUT2D eigenvalue weighted by Crippen LogP contribution is -1.76. The average Bonchev–Trinajstić information content (AvgIpc) is 3.04. The number of hydrogen-bond donors (Lipinski definition) is 0. The maximum absolute atomic E-state index is 2.44. The number of aromatic nitrogens is 1. The molecule has 0 aliphatic carbocycles. The molecular formula is C17H11NS. The highest BCUT2D eigenvalue weighted by molar-refractivity contribution is 7.19. The molecule has 0 saturated carbocycles. The van der Waals surface area contributed by atoms with E-state index < -0.39 is 0 Å². The van der Waals surface area contributed by atoms with Crippen molar-refractivity contribution in [2.75, 3.05) is 0 Å². The molecule has 3 aromatic heterocycles. The van der Waals surface area contributed by atoms with Crippen molar-refractivity contribution in [2.45, 2.75) is 6.92 Å². The Morgan fingerprint density at radius 2 is 1.58 bits per heavy atom. The zero-order chi connectivity index (χ0) is 12.6. The monoisotopic (exact) mass is 261 g/mol. The summed E-state index contributed by atoms with van der Waals surface area (Å²) >= 11 is 1.89. The van der Waals surface area contributed by atoms with Crippen LogP contribution in [0.5, 0.6) is 0 Å². The highest BCUT2D eigenvalue weighted by Gasteiger charge is 2.17. The van der Waals surface area contributed by atoms with E-state index in [0.717, 1.165) is 0 Å². The fraction of sp³-hybridized carbons (Fsp3) is 0.0588. The predicted octanol–water partition coefficient (Wildman–Crippen LogP) is 5.21. The predicted molar refractivity (Wildman–Crippen MR) is 83.7 cm³/mol. The number of rotatable bonds is 0. The van der Waals surface area contributed by atoms with Crippen LogP contribution in [0.3, 0.4) is 0 Å². The molecule has 0 saturated heterocycles. The van der Waals surface area contributed by atoms with Crippen molar-refractivity contribution < 1.29 is 0 Å². The third-order valence-electron chi connectivity index (χ3n) is 4.02. The van der Waals surface area contributed by atoms with E-state index in [9.17, 15) is 0 Å². The number of hydrogen-bond acceptors (Lipinski definition) is 1. The summed E-state index contributed by atoms with van der Waals surface area (Å²) < 4.78 is 2.44. The van der Waals surface area contributed by atoms with Gasteiger partial charge in [0.15, 0.2) is 0 Å². The normalized spacial score (nSPS) is 12.5. The summed E-state index contributed by atoms with van der Waals surface area (Å²) in [5.41, 5.74) is 2.70. The Kier molecular flexibility index (Phi) is 1.60. The standard InChI is InChI=1S/C17H11NS/c1-10-9-14-13-7-4-6-12-11-5-2-3-8-15(11)18(16(12)13)17(14)19-10/h2-9H,1H3. The van der Waals surface area contributed by atoms with Gasteiger partial charge in [-0.05, 0) is 19.1 Å². The van der Waals surface area contributed by atoms with Crippen LogP contribution >= 0.6 is 11.3 Å². The third kappa shape index (κ3) is 1.03. The molecular weight excluding hydrogens is 250 g/mol. The molecule has 2 heteroatoms. The van der Waals surface area contributed by atoms with E-state index in [-0.39, 0.29) is 0 Å². The molecule has 90 valence electrons. The van der Waals surface area contributed by atoms with Crippen LogP contribution in [0.1, 0.15) is 4.88 Å². The van der Waals surface area contributed by atoms with E-state index in [0.29, 0.717) is 0 Å². The molecule has 0 fully saturated rings. The van der Waals surface area contributed by atoms with Gasteiger partial charge in [-0.25, -0.2) is 0 Å². The molecule has 2 aromatic carbocycles. The zero-order valence-corrected chi connectivity index (χ0v) is 11.3. The lowest BCUT2D eigenvalue weighted by atomic mass is 10.1. The lowest BCUT2D eigenvalue weighted by molar-refractivity contribution is 1.40. The fourth-order valence-electron chi connectivity index (χ4n) is 3.31. The largest absolute Gasteiger partial charge is 0.299 e. The highest BCUT2D eigenvalue weighted by atomic mass is 32.1. The van der Waals surface area contributed by atoms with Crippen LogP contribution in [0.4, 0.5) is 0 Å². The molecule has 3 heterocycles. The van der Waals surface area contributed by atoms with Gasteiger partial charge in [-0.2, -0.15) is 0 Å². The van der Waals surface area contributed by atoms with Gasteiger partial charge < -0.3 is 0 Å². The van der Waals surface area contributed by atoms with Gasteiger partial charge in [-0.3, -0.25) is 4.40 Å². The van der Waals surface area contributed by atoms with Crippen LogP contribution in [0.25, 0.3) is 37.4 Å². The molecule has 0 spiro atoms. The van der Waals surface area contributed by atoms with Gasteiger partial charge in [-0.1, -0.05) is 36.4 Å². The Labute approximate surface area is 114 Å². The van der Waals surface area contributed by atoms with Crippen LogP contribution in [0.2, 0.25) is 0 Å². The average molecular weight is 261 g/mol. The van der Waals surface area contributed by atoms with E-state index in [1.807, 2.05) is 11.3 Å². The molecule has 19 heavy (non-hydrogen) atoms. The van der Waals surface area contributed by atoms with Gasteiger partial charge in [0.05, 0.1) is 11.0 Å². The van der Waals surface area contributed by atoms with Crippen molar-refractivity contribution in [1.82, 2.24) is 4.40 Å². The van der Waals surface area contributed by atoms with E-state index in [4.69, 9.17) is 0 Å². The minimum atomic E-state index is 1.32. The number of aryl methyl sites for hydroxylation is 1. The minimum Gasteiger partial charge on any atom is -0.299 e. The van der Waals surface area contributed by atoms with Crippen LogP contribution in [-0.4, -0.2) is 4.40 Å². The second-order valence-corrected chi connectivity index (χ2v) is 6.36. The summed E-state index contributed by atoms with van der Waals surface area (Å²) in [6, 6.07) is 17.7. The fourth-order valence-corrected chi connectivity index (χ4v) is 4.35. The van der Waals surface area contributed by atoms with Crippen molar-refractivity contribution in [2.24, 2.45) is 0 Å². The molecule has 0 amide bonds. The molecule has 0 unspecified atom stereocenters. The van der Waals surface area contributed by atoms with Crippen LogP contribution in [0.15, 0.2) is 48.5 Å². The first kappa shape index (κ1) is 9.82. The Balaban J connectivity index is 2.30. The van der Waals surface area contributed by atoms with Crippen molar-refractivity contribution in [3.8, 4) is 0 Å². The lowest BCUT2D eigenvalue weighted by Gasteiger charge is -1.92. The zero-order valence-electron chi connectivity index (χ0n) is 10.5. The Bertz CT molecular complexity index is 1060. The number of benzene rings is 2. The van der Waals surface area contributed by atoms with Gasteiger partial charge in [0.25, 0.3) is 0 Å². The van der Waals surface area contributed by atoms with Crippen LogP contribution in [0, 0.1) is 6.92 Å². The molecule has 0 aliphatic heterocycles. The van der Waals surface area contributed by atoms with Crippen molar-refractivity contribution >= 4 is 48.7 Å². The summed E-state index contributed by atoms with van der Waals surface area (Å²) in [5, 5.41) is 5.51. The SMILES string of the molecule is Cc1cc2c3cccc4c5ccccc5n(c2s1)c43. The summed E-state index contributed by atoms with van der Waals surface area (Å²) in [4.78, 5) is 2.76. The second kappa shape index (κ2) is 3.09. The molecule has 0 bridgehead atoms. The van der Waals surface area contributed by atoms with E-state index in [2.05, 4.69) is 59.9 Å². The summed E-state index contributed by atoms with van der Waals surface area (Å²) in [6.45, 7) is 2.19. The number of thiophene rings is 1. The molecule has 0 atom stereocenters. The van der Waals surface area contributed by atoms with Crippen LogP contribution < -0.4 is 0 Å². The molecule has 5 aromatic rings. The Hall–Kier alpha value is -2.06. The van der Waals surface area contributed by atoms with Crippen molar-refractivity contribution in [3.63, 3.8) is 0 Å². The van der Waals surface area contributed by atoms with E-state index >= 15 is 0 Å². The Morgan fingerprint density at radius 3 is 2.47 bits per heavy atom. The highest BCUT2D eigenvalue weighted by Crippen LogP contribution is 2.41. The first-order chi connectivity index (χ1) is 9.34. The van der Waals surface area contributed by atoms with E-state index in [1.165, 1.54) is 42.3 Å². The smallest absolute Gasteiger partial charge is 0.108 e. The van der Waals surface area contributed by atoms with Gasteiger partial charge >= 0.3 is 0 Å². The Morgan fingerprint density at radius 1 is 0.842 bits per heavy atom. The number of para-hydroxylation sites is 2. The topological polar surface area (TPSA) is 4.41 Å². The van der Waals surface area contributed by atoms with Gasteiger partial charge in [0.2, 0.25) is 0 Å². The van der Waals surface area contributed by atoms with Crippen molar-refractivity contribution in [3.05, 3.63) is 53.4 Å². The van der Waals surface area contributed by atoms with E-state index in [1.54, 1.807) is 0 Å². The molecule has 0 radical (unpaired) electrons. The van der Waals surface area contributed by atoms with Gasteiger partial charge in [0.1, 0.15) is 4.83 Å². The maximum atomic E-state index is 2.44. The quantitative estimate of drug-likeness (QED) is 0.360. The molecule has 0 N–H and O–H groups in total. The van der Waals surface area contributed by atoms with Crippen molar-refractivity contribution in [1.29, 1.82) is 0 Å². The third-order valence-corrected chi connectivity index (χ3v) is 5.06. The molecule has 1 nitrogen and oxygen atoms in total. The first-order valence-electron chi connectivity index (χ1n) is 6.48. The summed E-state index contributed by atoms with van der Waals surface area (Å²) in [7, 11) is 0. The summed E-state index contributed by atoms with van der Waals surface area (Å²) in [5.74, 6) is 0. The van der Waals surface area contributed by atoms with Gasteiger partial charge in [-0.15, -0.1) is 11.3 Å². The second-order valence-electron chi connectivity index (χ2n) is 5.13. The maximum Gasteiger partial charge on any atom is 0.108 e.